The second-order valence-electron chi connectivity index (χ2n) is 2.93. The minimum absolute atomic E-state index is 0.0380. The standard InChI is InChI=1S/C8H14N4O2/c1-9-8(14)2-10-5-12-3-7(4-13)11-6-12/h5-7,13H,2-4H2,1H3,(H,9,14)/b10-5-/t7-/m1/s1. The predicted octanol–water partition coefficient (Wildman–Crippen LogP) is -1.53. The van der Waals surface area contributed by atoms with Crippen molar-refractivity contribution >= 4 is 18.6 Å². The molecule has 6 nitrogen and oxygen atoms in total. The van der Waals surface area contributed by atoms with Gasteiger partial charge in [0.15, 0.2) is 0 Å². The van der Waals surface area contributed by atoms with E-state index in [2.05, 4.69) is 15.3 Å². The van der Waals surface area contributed by atoms with E-state index in [-0.39, 0.29) is 25.1 Å². The lowest BCUT2D eigenvalue weighted by molar-refractivity contribution is -0.119. The van der Waals surface area contributed by atoms with Gasteiger partial charge in [-0.25, -0.2) is 0 Å². The summed E-state index contributed by atoms with van der Waals surface area (Å²) < 4.78 is 0. The molecule has 6 heteroatoms. The van der Waals surface area contributed by atoms with Crippen LogP contribution < -0.4 is 5.32 Å². The molecule has 14 heavy (non-hydrogen) atoms. The third kappa shape index (κ3) is 3.14. The number of aliphatic hydroxyl groups is 1. The number of carbonyl (C=O) groups is 1. The first kappa shape index (κ1) is 10.6. The highest BCUT2D eigenvalue weighted by molar-refractivity contribution is 5.81. The second-order valence-corrected chi connectivity index (χ2v) is 2.93. The van der Waals surface area contributed by atoms with Crippen LogP contribution in [0.15, 0.2) is 9.98 Å². The zero-order chi connectivity index (χ0) is 10.4. The number of aliphatic imine (C=N–C) groups is 2. The Morgan fingerprint density at radius 1 is 1.93 bits per heavy atom. The molecule has 1 heterocycles. The van der Waals surface area contributed by atoms with Crippen LogP contribution in [0.3, 0.4) is 0 Å². The molecule has 1 aliphatic heterocycles. The number of nitrogens with one attached hydrogen (secondary N) is 1. The third-order valence-corrected chi connectivity index (χ3v) is 1.80. The van der Waals surface area contributed by atoms with E-state index in [0.717, 1.165) is 0 Å². The first-order valence-electron chi connectivity index (χ1n) is 4.36. The van der Waals surface area contributed by atoms with Gasteiger partial charge < -0.3 is 15.3 Å². The van der Waals surface area contributed by atoms with Crippen molar-refractivity contribution in [3.8, 4) is 0 Å². The Balaban J connectivity index is 2.26. The van der Waals surface area contributed by atoms with Crippen molar-refractivity contribution in [1.29, 1.82) is 0 Å². The molecule has 78 valence electrons. The van der Waals surface area contributed by atoms with E-state index in [1.807, 2.05) is 0 Å². The maximum Gasteiger partial charge on any atom is 0.241 e. The van der Waals surface area contributed by atoms with E-state index >= 15 is 0 Å². The summed E-state index contributed by atoms with van der Waals surface area (Å²) in [5.41, 5.74) is 0. The van der Waals surface area contributed by atoms with E-state index in [0.29, 0.717) is 6.54 Å². The Bertz CT molecular complexity index is 252. The largest absolute Gasteiger partial charge is 0.394 e. The molecule has 0 bridgehead atoms. The Morgan fingerprint density at radius 3 is 3.29 bits per heavy atom. The van der Waals surface area contributed by atoms with Gasteiger partial charge in [-0.05, 0) is 0 Å². The number of hydrogen-bond acceptors (Lipinski definition) is 4. The first-order chi connectivity index (χ1) is 6.76. The fourth-order valence-corrected chi connectivity index (χ4v) is 1.01. The molecule has 0 fully saturated rings. The SMILES string of the molecule is CNC(=O)C/N=C\N1C=N[C@@H](CO)C1. The van der Waals surface area contributed by atoms with Crippen LogP contribution in [-0.4, -0.2) is 61.4 Å². The summed E-state index contributed by atoms with van der Waals surface area (Å²) in [7, 11) is 1.57. The molecule has 1 aliphatic rings. The number of rotatable bonds is 4. The topological polar surface area (TPSA) is 77.3 Å². The highest BCUT2D eigenvalue weighted by Crippen LogP contribution is 1.99. The molecule has 1 rings (SSSR count). The summed E-state index contributed by atoms with van der Waals surface area (Å²) in [4.78, 5) is 20.5. The number of likely N-dealkylation sites (N-methyl/N-ethyl adjacent to an activating group) is 1. The molecule has 0 radical (unpaired) electrons. The molecule has 0 unspecified atom stereocenters. The molecular formula is C8H14N4O2. The molecule has 0 aromatic rings. The van der Waals surface area contributed by atoms with E-state index in [1.165, 1.54) is 0 Å². The average molecular weight is 198 g/mol. The van der Waals surface area contributed by atoms with Crippen LogP contribution in [0, 0.1) is 0 Å². The van der Waals surface area contributed by atoms with Crippen molar-refractivity contribution in [1.82, 2.24) is 10.2 Å². The maximum atomic E-state index is 10.8. The van der Waals surface area contributed by atoms with Crippen molar-refractivity contribution in [2.24, 2.45) is 9.98 Å². The Hall–Kier alpha value is -1.43. The second kappa shape index (κ2) is 5.33. The lowest BCUT2D eigenvalue weighted by Gasteiger charge is -2.07. The average Bonchev–Trinajstić information content (AvgIpc) is 2.65. The monoisotopic (exact) mass is 198 g/mol. The van der Waals surface area contributed by atoms with Gasteiger partial charge in [-0.1, -0.05) is 0 Å². The molecule has 1 atom stereocenters. The summed E-state index contributed by atoms with van der Waals surface area (Å²) in [5, 5.41) is 11.3. The Labute approximate surface area is 82.3 Å². The van der Waals surface area contributed by atoms with Gasteiger partial charge in [-0.15, -0.1) is 0 Å². The Morgan fingerprint density at radius 2 is 2.71 bits per heavy atom. The summed E-state index contributed by atoms with van der Waals surface area (Å²) in [6.07, 6.45) is 3.16. The number of carbonyl (C=O) groups excluding carboxylic acids is 1. The zero-order valence-corrected chi connectivity index (χ0v) is 8.05. The lowest BCUT2D eigenvalue weighted by Crippen LogP contribution is -2.25. The molecule has 0 aliphatic carbocycles. The van der Waals surface area contributed by atoms with E-state index in [4.69, 9.17) is 5.11 Å². The van der Waals surface area contributed by atoms with Gasteiger partial charge >= 0.3 is 0 Å². The van der Waals surface area contributed by atoms with Crippen LogP contribution in [0.2, 0.25) is 0 Å². The summed E-state index contributed by atoms with van der Waals surface area (Å²) in [6.45, 7) is 0.772. The van der Waals surface area contributed by atoms with Crippen molar-refractivity contribution in [2.45, 2.75) is 6.04 Å². The molecular weight excluding hydrogens is 184 g/mol. The van der Waals surface area contributed by atoms with Crippen LogP contribution in [0.5, 0.6) is 0 Å². The smallest absolute Gasteiger partial charge is 0.241 e. The van der Waals surface area contributed by atoms with Gasteiger partial charge in [-0.2, -0.15) is 0 Å². The summed E-state index contributed by atoms with van der Waals surface area (Å²) in [5.74, 6) is -0.129. The van der Waals surface area contributed by atoms with E-state index in [9.17, 15) is 4.79 Å². The number of aliphatic hydroxyl groups excluding tert-OH is 1. The fourth-order valence-electron chi connectivity index (χ4n) is 1.01. The van der Waals surface area contributed by atoms with Gasteiger partial charge in [-0.3, -0.25) is 14.8 Å². The van der Waals surface area contributed by atoms with Gasteiger partial charge in [0.05, 0.1) is 25.3 Å². The Kier molecular flexibility index (Phi) is 4.06. The summed E-state index contributed by atoms with van der Waals surface area (Å²) in [6, 6.07) is -0.0681. The molecule has 1 amide bonds. The molecule has 0 saturated carbocycles. The fraction of sp³-hybridized carbons (Fsp3) is 0.625. The highest BCUT2D eigenvalue weighted by Gasteiger charge is 2.14. The maximum absolute atomic E-state index is 10.8. The van der Waals surface area contributed by atoms with Crippen LogP contribution in [-0.2, 0) is 4.79 Å². The van der Waals surface area contributed by atoms with Gasteiger partial charge in [0.2, 0.25) is 5.91 Å². The first-order valence-corrected chi connectivity index (χ1v) is 4.36. The quantitative estimate of drug-likeness (QED) is 0.425. The highest BCUT2D eigenvalue weighted by atomic mass is 16.3. The minimum Gasteiger partial charge on any atom is -0.394 e. The summed E-state index contributed by atoms with van der Waals surface area (Å²) >= 11 is 0. The lowest BCUT2D eigenvalue weighted by atomic mass is 10.3. The van der Waals surface area contributed by atoms with Crippen LogP contribution in [0.25, 0.3) is 0 Å². The number of amides is 1. The molecule has 0 aromatic carbocycles. The van der Waals surface area contributed by atoms with E-state index < -0.39 is 0 Å². The normalized spacial score (nSPS) is 20.7. The van der Waals surface area contributed by atoms with Crippen molar-refractivity contribution in [3.05, 3.63) is 0 Å². The predicted molar refractivity (Wildman–Crippen MR) is 53.5 cm³/mol. The third-order valence-electron chi connectivity index (χ3n) is 1.80. The van der Waals surface area contributed by atoms with Crippen molar-refractivity contribution in [2.75, 3.05) is 26.7 Å². The van der Waals surface area contributed by atoms with E-state index in [1.54, 1.807) is 24.6 Å². The van der Waals surface area contributed by atoms with Crippen molar-refractivity contribution < 1.29 is 9.90 Å². The molecule has 0 spiro atoms. The number of hydrogen-bond donors (Lipinski definition) is 2. The molecule has 0 saturated heterocycles. The van der Waals surface area contributed by atoms with Gasteiger partial charge in [0, 0.05) is 13.6 Å². The molecule has 2 N–H and O–H groups in total. The van der Waals surface area contributed by atoms with Gasteiger partial charge in [0.25, 0.3) is 0 Å². The zero-order valence-electron chi connectivity index (χ0n) is 8.05. The molecule has 0 aromatic heterocycles. The van der Waals surface area contributed by atoms with Crippen LogP contribution in [0.1, 0.15) is 0 Å². The van der Waals surface area contributed by atoms with Crippen LogP contribution in [0.4, 0.5) is 0 Å². The van der Waals surface area contributed by atoms with Crippen LogP contribution >= 0.6 is 0 Å². The van der Waals surface area contributed by atoms with Gasteiger partial charge in [0.1, 0.15) is 6.54 Å². The number of nitrogens with zero attached hydrogens (tertiary/aromatic N) is 3. The minimum atomic E-state index is -0.129. The van der Waals surface area contributed by atoms with Crippen molar-refractivity contribution in [3.63, 3.8) is 0 Å².